The molecule has 22 heavy (non-hydrogen) atoms. The molecule has 2 atom stereocenters. The normalized spacial score (nSPS) is 13.6. The van der Waals surface area contributed by atoms with E-state index < -0.39 is 0 Å². The van der Waals surface area contributed by atoms with E-state index >= 15 is 0 Å². The van der Waals surface area contributed by atoms with E-state index in [1.54, 1.807) is 11.8 Å². The first-order chi connectivity index (χ1) is 10.7. The maximum absolute atomic E-state index is 12.7. The smallest absolute Gasteiger partial charge is 0.234 e. The zero-order valence-corrected chi connectivity index (χ0v) is 14.7. The fraction of sp³-hybridized carbons (Fsp3) is 0.438. The summed E-state index contributed by atoms with van der Waals surface area (Å²) >= 11 is 3.06. The van der Waals surface area contributed by atoms with Crippen LogP contribution in [0.3, 0.4) is 0 Å². The van der Waals surface area contributed by atoms with Gasteiger partial charge in [-0.05, 0) is 17.2 Å². The second kappa shape index (κ2) is 8.29. The minimum Gasteiger partial charge on any atom is -0.300 e. The molecule has 0 radical (unpaired) electrons. The molecule has 0 saturated carbocycles. The van der Waals surface area contributed by atoms with Crippen molar-refractivity contribution in [3.63, 3.8) is 0 Å². The highest BCUT2D eigenvalue weighted by atomic mass is 32.2. The molecule has 118 valence electrons. The first kappa shape index (κ1) is 17.0. The molecule has 2 rings (SSSR count). The molecule has 1 aromatic heterocycles. The van der Waals surface area contributed by atoms with Crippen molar-refractivity contribution in [2.45, 2.75) is 37.4 Å². The van der Waals surface area contributed by atoms with Gasteiger partial charge in [0.15, 0.2) is 4.34 Å². The van der Waals surface area contributed by atoms with Gasteiger partial charge in [-0.25, -0.2) is 0 Å². The van der Waals surface area contributed by atoms with Gasteiger partial charge in [0.05, 0.1) is 5.92 Å². The molecule has 0 saturated heterocycles. The van der Waals surface area contributed by atoms with Gasteiger partial charge >= 0.3 is 0 Å². The molecule has 1 amide bonds. The maximum atomic E-state index is 12.7. The molecule has 2 aromatic rings. The van der Waals surface area contributed by atoms with Crippen LogP contribution in [0, 0.1) is 5.92 Å². The van der Waals surface area contributed by atoms with Crippen molar-refractivity contribution in [3.05, 3.63) is 35.9 Å². The minimum absolute atomic E-state index is 0.00949. The molecular formula is C16H21N3OS2. The molecular weight excluding hydrogens is 314 g/mol. The van der Waals surface area contributed by atoms with Gasteiger partial charge in [-0.1, -0.05) is 80.6 Å². The lowest BCUT2D eigenvalue weighted by molar-refractivity contribution is -0.118. The SMILES string of the molecule is CCSc1nnc(NC(=O)[C@H](c2ccccc2)[C@@H](C)CC)s1. The van der Waals surface area contributed by atoms with Crippen LogP contribution in [0.2, 0.25) is 0 Å². The highest BCUT2D eigenvalue weighted by molar-refractivity contribution is 8.01. The fourth-order valence-electron chi connectivity index (χ4n) is 2.26. The molecule has 1 N–H and O–H groups in total. The lowest BCUT2D eigenvalue weighted by Crippen LogP contribution is -2.26. The van der Waals surface area contributed by atoms with Gasteiger partial charge in [0.25, 0.3) is 0 Å². The highest BCUT2D eigenvalue weighted by Gasteiger charge is 2.26. The first-order valence-electron chi connectivity index (χ1n) is 7.47. The molecule has 4 nitrogen and oxygen atoms in total. The Kier molecular flexibility index (Phi) is 6.39. The Balaban J connectivity index is 2.15. The second-order valence-electron chi connectivity index (χ2n) is 5.07. The topological polar surface area (TPSA) is 54.9 Å². The Hall–Kier alpha value is -1.40. The van der Waals surface area contributed by atoms with Gasteiger partial charge in [0, 0.05) is 0 Å². The minimum atomic E-state index is -0.169. The Morgan fingerprint density at radius 3 is 2.64 bits per heavy atom. The average molecular weight is 335 g/mol. The molecule has 0 unspecified atom stereocenters. The number of carbonyl (C=O) groups excluding carboxylic acids is 1. The van der Waals surface area contributed by atoms with Gasteiger partial charge in [0.2, 0.25) is 11.0 Å². The van der Waals surface area contributed by atoms with Crippen molar-refractivity contribution in [1.82, 2.24) is 10.2 Å². The largest absolute Gasteiger partial charge is 0.300 e. The first-order valence-corrected chi connectivity index (χ1v) is 9.28. The average Bonchev–Trinajstić information content (AvgIpc) is 2.96. The van der Waals surface area contributed by atoms with E-state index in [1.165, 1.54) is 11.3 Å². The summed E-state index contributed by atoms with van der Waals surface area (Å²) in [6.45, 7) is 6.28. The third kappa shape index (κ3) is 4.30. The van der Waals surface area contributed by atoms with E-state index in [9.17, 15) is 4.79 Å². The van der Waals surface area contributed by atoms with Crippen molar-refractivity contribution < 1.29 is 4.79 Å². The summed E-state index contributed by atoms with van der Waals surface area (Å²) in [6, 6.07) is 9.93. The third-order valence-electron chi connectivity index (χ3n) is 3.56. The molecule has 0 fully saturated rings. The maximum Gasteiger partial charge on any atom is 0.234 e. The van der Waals surface area contributed by atoms with Gasteiger partial charge in [-0.3, -0.25) is 10.1 Å². The molecule has 1 aromatic carbocycles. The van der Waals surface area contributed by atoms with Crippen molar-refractivity contribution in [2.75, 3.05) is 11.1 Å². The molecule has 6 heteroatoms. The fourth-order valence-corrected chi connectivity index (χ4v) is 3.91. The monoisotopic (exact) mass is 335 g/mol. The summed E-state index contributed by atoms with van der Waals surface area (Å²) in [5, 5.41) is 11.6. The van der Waals surface area contributed by atoms with Gasteiger partial charge in [0.1, 0.15) is 0 Å². The van der Waals surface area contributed by atoms with E-state index in [1.807, 2.05) is 30.3 Å². The Labute approximate surface area is 139 Å². The van der Waals surface area contributed by atoms with Crippen LogP contribution in [-0.2, 0) is 4.79 Å². The number of benzene rings is 1. The molecule has 1 heterocycles. The number of carbonyl (C=O) groups is 1. The standard InChI is InChI=1S/C16H21N3OS2/c1-4-11(3)13(12-9-7-6-8-10-12)14(20)17-15-18-19-16(22-15)21-5-2/h6-11,13H,4-5H2,1-3H3,(H,17,18,20)/t11-,13-/m0/s1. The number of anilines is 1. The number of rotatable bonds is 7. The van der Waals surface area contributed by atoms with E-state index in [-0.39, 0.29) is 17.7 Å². The summed E-state index contributed by atoms with van der Waals surface area (Å²) in [4.78, 5) is 12.7. The number of thioether (sulfide) groups is 1. The third-order valence-corrected chi connectivity index (χ3v) is 5.41. The Morgan fingerprint density at radius 1 is 1.27 bits per heavy atom. The van der Waals surface area contributed by atoms with Gasteiger partial charge in [-0.2, -0.15) is 0 Å². The Bertz CT molecular complexity index is 600. The highest BCUT2D eigenvalue weighted by Crippen LogP contribution is 2.30. The van der Waals surface area contributed by atoms with Gasteiger partial charge < -0.3 is 0 Å². The summed E-state index contributed by atoms with van der Waals surface area (Å²) in [5.41, 5.74) is 1.04. The summed E-state index contributed by atoms with van der Waals surface area (Å²) in [5.74, 6) is 1.03. The molecule has 0 spiro atoms. The van der Waals surface area contributed by atoms with Crippen LogP contribution in [-0.4, -0.2) is 21.9 Å². The van der Waals surface area contributed by atoms with Crippen LogP contribution in [0.15, 0.2) is 34.7 Å². The van der Waals surface area contributed by atoms with Crippen LogP contribution in [0.25, 0.3) is 0 Å². The van der Waals surface area contributed by atoms with Crippen LogP contribution in [0.4, 0.5) is 5.13 Å². The number of amides is 1. The van der Waals surface area contributed by atoms with Crippen LogP contribution < -0.4 is 5.32 Å². The zero-order chi connectivity index (χ0) is 15.9. The van der Waals surface area contributed by atoms with Crippen molar-refractivity contribution in [2.24, 2.45) is 5.92 Å². The van der Waals surface area contributed by atoms with Crippen molar-refractivity contribution in [3.8, 4) is 0 Å². The van der Waals surface area contributed by atoms with E-state index in [4.69, 9.17) is 0 Å². The van der Waals surface area contributed by atoms with Crippen LogP contribution in [0.1, 0.15) is 38.7 Å². The van der Waals surface area contributed by atoms with E-state index in [2.05, 4.69) is 36.3 Å². The molecule has 0 bridgehead atoms. The molecule has 0 aliphatic heterocycles. The van der Waals surface area contributed by atoms with Gasteiger partial charge in [-0.15, -0.1) is 10.2 Å². The van der Waals surface area contributed by atoms with Crippen molar-refractivity contribution >= 4 is 34.1 Å². The summed E-state index contributed by atoms with van der Waals surface area (Å²) < 4.78 is 0.887. The summed E-state index contributed by atoms with van der Waals surface area (Å²) in [7, 11) is 0. The lowest BCUT2D eigenvalue weighted by atomic mass is 9.85. The molecule has 0 aliphatic carbocycles. The molecule has 0 aliphatic rings. The zero-order valence-electron chi connectivity index (χ0n) is 13.1. The predicted octanol–water partition coefficient (Wildman–Crippen LogP) is 4.42. The van der Waals surface area contributed by atoms with Crippen LogP contribution in [0.5, 0.6) is 0 Å². The number of hydrogen-bond donors (Lipinski definition) is 1. The summed E-state index contributed by atoms with van der Waals surface area (Å²) in [6.07, 6.45) is 0.944. The quantitative estimate of drug-likeness (QED) is 0.601. The Morgan fingerprint density at radius 2 is 2.00 bits per heavy atom. The predicted molar refractivity (Wildman–Crippen MR) is 93.6 cm³/mol. The number of hydrogen-bond acceptors (Lipinski definition) is 5. The van der Waals surface area contributed by atoms with Crippen molar-refractivity contribution in [1.29, 1.82) is 0 Å². The number of nitrogens with one attached hydrogen (secondary N) is 1. The lowest BCUT2D eigenvalue weighted by Gasteiger charge is -2.22. The van der Waals surface area contributed by atoms with E-state index in [0.29, 0.717) is 5.13 Å². The second-order valence-corrected chi connectivity index (χ2v) is 7.56. The number of nitrogens with zero attached hydrogens (tertiary/aromatic N) is 2. The van der Waals surface area contributed by atoms with Crippen LogP contribution >= 0.6 is 23.1 Å². The number of aromatic nitrogens is 2. The van der Waals surface area contributed by atoms with E-state index in [0.717, 1.165) is 22.1 Å².